The quantitative estimate of drug-likeness (QED) is 0.0874. The third-order valence-electron chi connectivity index (χ3n) is 7.78. The maximum absolute atomic E-state index is 11.3. The molecule has 1 aliphatic heterocycles. The van der Waals surface area contributed by atoms with Crippen LogP contribution in [0.5, 0.6) is 0 Å². The van der Waals surface area contributed by atoms with Gasteiger partial charge in [0.2, 0.25) is 17.7 Å². The van der Waals surface area contributed by atoms with Crippen molar-refractivity contribution in [2.45, 2.75) is 45.4 Å². The number of nitrogens with one attached hydrogen (secondary N) is 3. The zero-order valence-electron chi connectivity index (χ0n) is 27.3. The van der Waals surface area contributed by atoms with Crippen molar-refractivity contribution in [2.75, 3.05) is 36.5 Å². The number of pyridine rings is 2. The fraction of sp³-hybridized carbons (Fsp3) is 0.306. The van der Waals surface area contributed by atoms with E-state index in [-0.39, 0.29) is 24.1 Å². The molecule has 1 saturated heterocycles. The number of amides is 3. The molecule has 0 atom stereocenters. The summed E-state index contributed by atoms with van der Waals surface area (Å²) in [5, 5.41) is 2.64. The molecule has 1 aliphatic rings. The molecule has 0 radical (unpaired) electrons. The summed E-state index contributed by atoms with van der Waals surface area (Å²) in [7, 11) is 0. The van der Waals surface area contributed by atoms with Crippen LogP contribution < -0.4 is 32.8 Å². The van der Waals surface area contributed by atoms with E-state index in [0.29, 0.717) is 12.2 Å². The Hall–Kier alpha value is -5.17. The normalized spacial score (nSPS) is 12.4. The summed E-state index contributed by atoms with van der Waals surface area (Å²) < 4.78 is 5.37. The zero-order valence-corrected chi connectivity index (χ0v) is 27.3. The molecule has 0 saturated carbocycles. The van der Waals surface area contributed by atoms with Crippen molar-refractivity contribution < 1.29 is 19.1 Å². The van der Waals surface area contributed by atoms with Crippen molar-refractivity contribution in [3.05, 3.63) is 119 Å². The van der Waals surface area contributed by atoms with Gasteiger partial charge in [0.05, 0.1) is 26.1 Å². The highest BCUT2D eigenvalue weighted by Gasteiger charge is 2.12. The van der Waals surface area contributed by atoms with Crippen LogP contribution in [-0.4, -0.2) is 54.0 Å². The third kappa shape index (κ3) is 12.2. The van der Waals surface area contributed by atoms with E-state index in [2.05, 4.69) is 55.3 Å². The minimum Gasteiger partial charge on any atom is -0.378 e. The minimum absolute atomic E-state index is 0.131. The van der Waals surface area contributed by atoms with Gasteiger partial charge in [0.15, 0.2) is 0 Å². The van der Waals surface area contributed by atoms with Gasteiger partial charge in [-0.15, -0.1) is 0 Å². The number of benzene rings is 2. The number of nitrogens with two attached hydrogens (primary N) is 2. The van der Waals surface area contributed by atoms with E-state index in [4.69, 9.17) is 16.4 Å². The van der Waals surface area contributed by atoms with E-state index in [1.807, 2.05) is 48.7 Å². The number of carbonyl (C=O) groups is 3. The standard InChI is InChI=1S/C19H24N4O2.C17H20N4O2/c20-22-19(24)13-16-4-1-15(2-5-16)3-6-17-7-8-18(21-14-17)23-9-11-25-12-10-23;1-12(22)20-16-9-8-15(11-19-16)7-4-13-2-5-14(6-3-13)10-17(23)21-18/h1-2,4-5,7-8,14H,3,6,9-13,20H2,(H,22,24);2-3,5-6,8-9,11H,4,7,10,18H2,1H3,(H,21,23)(H,19,20,22). The predicted octanol–water partition coefficient (Wildman–Crippen LogP) is 2.59. The largest absolute Gasteiger partial charge is 0.378 e. The summed E-state index contributed by atoms with van der Waals surface area (Å²) in [4.78, 5) is 44.4. The smallest absolute Gasteiger partial charge is 0.238 e. The van der Waals surface area contributed by atoms with Crippen molar-refractivity contribution >= 4 is 29.4 Å². The average Bonchev–Trinajstić information content (AvgIpc) is 3.12. The number of hydrazine groups is 2. The molecule has 12 nitrogen and oxygen atoms in total. The molecule has 0 unspecified atom stereocenters. The molecule has 12 heteroatoms. The monoisotopic (exact) mass is 652 g/mol. The van der Waals surface area contributed by atoms with Crippen molar-refractivity contribution in [3.63, 3.8) is 0 Å². The highest BCUT2D eigenvalue weighted by molar-refractivity contribution is 5.87. The molecule has 0 spiro atoms. The summed E-state index contributed by atoms with van der Waals surface area (Å²) in [6.45, 7) is 4.80. The minimum atomic E-state index is -0.205. The lowest BCUT2D eigenvalue weighted by Crippen LogP contribution is -2.36. The van der Waals surface area contributed by atoms with Gasteiger partial charge in [-0.1, -0.05) is 60.7 Å². The van der Waals surface area contributed by atoms with E-state index in [9.17, 15) is 14.4 Å². The number of rotatable bonds is 12. The van der Waals surface area contributed by atoms with Gasteiger partial charge in [-0.2, -0.15) is 0 Å². The van der Waals surface area contributed by atoms with Gasteiger partial charge in [0.25, 0.3) is 0 Å². The summed E-state index contributed by atoms with van der Waals surface area (Å²) >= 11 is 0. The molecule has 3 heterocycles. The Morgan fingerprint density at radius 3 is 1.50 bits per heavy atom. The van der Waals surface area contributed by atoms with Crippen LogP contribution in [0.1, 0.15) is 40.3 Å². The van der Waals surface area contributed by atoms with Crippen LogP contribution in [-0.2, 0) is 57.6 Å². The van der Waals surface area contributed by atoms with Crippen molar-refractivity contribution in [2.24, 2.45) is 11.7 Å². The van der Waals surface area contributed by atoms with Gasteiger partial charge in [-0.05, 0) is 71.2 Å². The summed E-state index contributed by atoms with van der Waals surface area (Å²) in [5.41, 5.74) is 10.9. The van der Waals surface area contributed by atoms with Crippen LogP contribution in [0.3, 0.4) is 0 Å². The number of nitrogens with zero attached hydrogens (tertiary/aromatic N) is 3. The fourth-order valence-electron chi connectivity index (χ4n) is 5.07. The lowest BCUT2D eigenvalue weighted by molar-refractivity contribution is -0.121. The molecule has 5 rings (SSSR count). The Morgan fingerprint density at radius 2 is 1.08 bits per heavy atom. The lowest BCUT2D eigenvalue weighted by Gasteiger charge is -2.27. The second-order valence-corrected chi connectivity index (χ2v) is 11.5. The molecule has 7 N–H and O–H groups in total. The van der Waals surface area contributed by atoms with Gasteiger partial charge in [0.1, 0.15) is 11.6 Å². The van der Waals surface area contributed by atoms with E-state index in [1.165, 1.54) is 23.6 Å². The second-order valence-electron chi connectivity index (χ2n) is 11.5. The Morgan fingerprint density at radius 1 is 0.646 bits per heavy atom. The Bertz CT molecular complexity index is 1590. The summed E-state index contributed by atoms with van der Waals surface area (Å²) in [6.07, 6.45) is 7.95. The SMILES string of the molecule is CC(=O)Nc1ccc(CCc2ccc(CC(=O)NN)cc2)cn1.NNC(=O)Cc1ccc(CCc2ccc(N3CCOCC3)nc2)cc1. The van der Waals surface area contributed by atoms with Crippen LogP contribution in [0.2, 0.25) is 0 Å². The van der Waals surface area contributed by atoms with Crippen molar-refractivity contribution in [1.82, 2.24) is 20.8 Å². The number of ether oxygens (including phenoxy) is 1. The second kappa shape index (κ2) is 18.8. The molecule has 252 valence electrons. The van der Waals surface area contributed by atoms with Gasteiger partial charge >= 0.3 is 0 Å². The first kappa shape index (κ1) is 35.7. The Balaban J connectivity index is 0.000000218. The first-order valence-electron chi connectivity index (χ1n) is 16.0. The maximum Gasteiger partial charge on any atom is 0.238 e. The first-order valence-corrected chi connectivity index (χ1v) is 16.0. The molecule has 3 amide bonds. The number of hydrogen-bond acceptors (Lipinski definition) is 9. The van der Waals surface area contributed by atoms with Gasteiger partial charge < -0.3 is 15.0 Å². The molecule has 2 aromatic heterocycles. The highest BCUT2D eigenvalue weighted by Crippen LogP contribution is 2.15. The van der Waals surface area contributed by atoms with Crippen LogP contribution >= 0.6 is 0 Å². The van der Waals surface area contributed by atoms with Crippen LogP contribution in [0.4, 0.5) is 11.6 Å². The maximum atomic E-state index is 11.3. The van der Waals surface area contributed by atoms with Crippen LogP contribution in [0.15, 0.2) is 85.2 Å². The van der Waals surface area contributed by atoms with Crippen LogP contribution in [0.25, 0.3) is 0 Å². The summed E-state index contributed by atoms with van der Waals surface area (Å²) in [5.74, 6) is 11.2. The number of aromatic nitrogens is 2. The highest BCUT2D eigenvalue weighted by atomic mass is 16.5. The van der Waals surface area contributed by atoms with Gasteiger partial charge in [-0.25, -0.2) is 21.7 Å². The molecule has 48 heavy (non-hydrogen) atoms. The van der Waals surface area contributed by atoms with Gasteiger partial charge in [-0.3, -0.25) is 25.2 Å². The number of morpholine rings is 1. The number of carbonyl (C=O) groups excluding carboxylic acids is 3. The zero-order chi connectivity index (χ0) is 34.1. The van der Waals surface area contributed by atoms with E-state index in [0.717, 1.165) is 74.5 Å². The van der Waals surface area contributed by atoms with Crippen molar-refractivity contribution in [1.29, 1.82) is 0 Å². The molecule has 0 bridgehead atoms. The molecule has 4 aromatic rings. The number of aryl methyl sites for hydroxylation is 4. The molecular weight excluding hydrogens is 608 g/mol. The van der Waals surface area contributed by atoms with Crippen LogP contribution in [0, 0.1) is 0 Å². The number of anilines is 2. The lowest BCUT2D eigenvalue weighted by atomic mass is 10.0. The Labute approximate surface area is 281 Å². The van der Waals surface area contributed by atoms with Crippen molar-refractivity contribution in [3.8, 4) is 0 Å². The summed E-state index contributed by atoms with van der Waals surface area (Å²) in [6, 6.07) is 24.0. The predicted molar refractivity (Wildman–Crippen MR) is 186 cm³/mol. The van der Waals surface area contributed by atoms with E-state index in [1.54, 1.807) is 12.3 Å². The third-order valence-corrected chi connectivity index (χ3v) is 7.78. The van der Waals surface area contributed by atoms with Gasteiger partial charge in [0, 0.05) is 32.4 Å². The fourth-order valence-corrected chi connectivity index (χ4v) is 5.07. The molecular formula is C36H44N8O4. The van der Waals surface area contributed by atoms with E-state index >= 15 is 0 Å². The number of hydrogen-bond donors (Lipinski definition) is 5. The topological polar surface area (TPSA) is 178 Å². The molecule has 0 aliphatic carbocycles. The molecule has 1 fully saturated rings. The average molecular weight is 653 g/mol. The Kier molecular flexibility index (Phi) is 14.0. The first-order chi connectivity index (χ1) is 23.3. The van der Waals surface area contributed by atoms with E-state index < -0.39 is 0 Å². The molecule has 2 aromatic carbocycles.